The maximum absolute atomic E-state index is 10.8. The highest BCUT2D eigenvalue weighted by Gasteiger charge is 1.98. The molecule has 2 N–H and O–H groups in total. The molecule has 0 aromatic heterocycles. The van der Waals surface area contributed by atoms with Gasteiger partial charge in [-0.1, -0.05) is 110 Å². The second kappa shape index (κ2) is 31.6. The average Bonchev–Trinajstić information content (AvgIpc) is 2.85. The largest absolute Gasteiger partial charge is 0.481 e. The zero-order valence-corrected chi connectivity index (χ0v) is 23.8. The van der Waals surface area contributed by atoms with Crippen LogP contribution in [0.2, 0.25) is 0 Å². The van der Waals surface area contributed by atoms with E-state index in [0.29, 0.717) is 39.2 Å². The van der Waals surface area contributed by atoms with E-state index in [-0.39, 0.29) is 18.3 Å². The van der Waals surface area contributed by atoms with Crippen molar-refractivity contribution in [3.8, 4) is 0 Å². The van der Waals surface area contributed by atoms with E-state index in [1.807, 2.05) is 0 Å². The van der Waals surface area contributed by atoms with Crippen molar-refractivity contribution in [3.05, 3.63) is 0 Å². The summed E-state index contributed by atoms with van der Waals surface area (Å²) in [6, 6.07) is 0. The lowest BCUT2D eigenvalue weighted by atomic mass is 10.0. The minimum atomic E-state index is -0.652. The first kappa shape index (κ1) is 36.7. The van der Waals surface area contributed by atoms with Crippen molar-refractivity contribution in [2.45, 2.75) is 136 Å². The van der Waals surface area contributed by atoms with Crippen LogP contribution >= 0.6 is 0 Å². The zero-order valence-electron chi connectivity index (χ0n) is 23.8. The number of unbranched alkanes of at least 4 members (excludes halogenated alkanes) is 15. The monoisotopic (exact) mass is 515 g/mol. The Labute approximate surface area is 221 Å². The van der Waals surface area contributed by atoms with Crippen molar-refractivity contribution in [3.63, 3.8) is 0 Å². The molecule has 36 heavy (non-hydrogen) atoms. The Balaban J connectivity index is 0. The number of nitrogens with one attached hydrogen (secondary N) is 1. The summed E-state index contributed by atoms with van der Waals surface area (Å²) in [5, 5.41) is 11.2. The summed E-state index contributed by atoms with van der Waals surface area (Å²) in [7, 11) is 0. The van der Waals surface area contributed by atoms with E-state index in [4.69, 9.17) is 14.6 Å². The van der Waals surface area contributed by atoms with Crippen LogP contribution < -0.4 is 5.32 Å². The van der Waals surface area contributed by atoms with Crippen LogP contribution in [0.25, 0.3) is 0 Å². The fraction of sp³-hybridized carbons (Fsp3) is 0.897. The van der Waals surface area contributed by atoms with E-state index in [1.54, 1.807) is 6.92 Å². The van der Waals surface area contributed by atoms with Crippen LogP contribution in [0, 0.1) is 0 Å². The quantitative estimate of drug-likeness (QED) is 0.122. The molecule has 0 unspecified atom stereocenters. The summed E-state index contributed by atoms with van der Waals surface area (Å²) in [5.41, 5.74) is 0. The van der Waals surface area contributed by atoms with Crippen molar-refractivity contribution in [1.82, 2.24) is 5.32 Å². The van der Waals surface area contributed by atoms with Gasteiger partial charge in [-0.2, -0.15) is 0 Å². The lowest BCUT2D eigenvalue weighted by molar-refractivity contribution is -0.137. The number of rotatable bonds is 26. The molecule has 0 fully saturated rings. The van der Waals surface area contributed by atoms with Crippen molar-refractivity contribution < 1.29 is 29.0 Å². The van der Waals surface area contributed by atoms with Crippen molar-refractivity contribution in [2.75, 3.05) is 33.0 Å². The molecule has 0 aliphatic carbocycles. The summed E-state index contributed by atoms with van der Waals surface area (Å²) >= 11 is 0. The number of carboxylic acid groups (broad SMARTS) is 1. The highest BCUT2D eigenvalue weighted by Crippen LogP contribution is 2.13. The molecule has 0 aromatic carbocycles. The number of carbonyl (C=O) groups excluding carboxylic acids is 2. The normalized spacial score (nSPS) is 10.5. The molecule has 0 saturated carbocycles. The summed E-state index contributed by atoms with van der Waals surface area (Å²) in [6.45, 7) is 7.50. The zero-order chi connectivity index (χ0) is 27.1. The van der Waals surface area contributed by atoms with E-state index in [9.17, 15) is 14.4 Å². The van der Waals surface area contributed by atoms with Crippen LogP contribution in [0.15, 0.2) is 0 Å². The van der Waals surface area contributed by atoms with Gasteiger partial charge in [0, 0.05) is 19.4 Å². The molecule has 0 atom stereocenters. The van der Waals surface area contributed by atoms with Crippen LogP contribution in [0.1, 0.15) is 136 Å². The predicted molar refractivity (Wildman–Crippen MR) is 147 cm³/mol. The van der Waals surface area contributed by atoms with Gasteiger partial charge in [0.1, 0.15) is 6.61 Å². The van der Waals surface area contributed by atoms with Gasteiger partial charge in [0.25, 0.3) is 0 Å². The maximum atomic E-state index is 10.8. The molecular weight excluding hydrogens is 458 g/mol. The van der Waals surface area contributed by atoms with Crippen LogP contribution in [-0.2, 0) is 23.9 Å². The Kier molecular flexibility index (Phi) is 32.2. The van der Waals surface area contributed by atoms with Gasteiger partial charge in [-0.25, -0.2) is 0 Å². The van der Waals surface area contributed by atoms with Gasteiger partial charge < -0.3 is 19.9 Å². The number of aliphatic carboxylic acids is 1. The first-order chi connectivity index (χ1) is 17.4. The third kappa shape index (κ3) is 37.1. The fourth-order valence-corrected chi connectivity index (χ4v) is 3.65. The lowest BCUT2D eigenvalue weighted by Crippen LogP contribution is -2.26. The second-order valence-electron chi connectivity index (χ2n) is 9.52. The third-order valence-corrected chi connectivity index (χ3v) is 5.81. The average molecular weight is 516 g/mol. The van der Waals surface area contributed by atoms with Crippen LogP contribution in [0.3, 0.4) is 0 Å². The highest BCUT2D eigenvalue weighted by molar-refractivity contribution is 5.76. The Hall–Kier alpha value is -1.47. The molecule has 7 heteroatoms. The molecule has 0 aliphatic heterocycles. The molecule has 0 spiro atoms. The smallest absolute Gasteiger partial charge is 0.303 e. The Bertz CT molecular complexity index is 498. The Morgan fingerprint density at radius 3 is 1.50 bits per heavy atom. The van der Waals surface area contributed by atoms with Gasteiger partial charge in [0.05, 0.1) is 19.8 Å². The minimum Gasteiger partial charge on any atom is -0.481 e. The molecule has 0 aromatic rings. The number of ketones is 1. The van der Waals surface area contributed by atoms with Gasteiger partial charge in [-0.15, -0.1) is 0 Å². The first-order valence-electron chi connectivity index (χ1n) is 14.6. The SMILES string of the molecule is CCC(=O)NCCOCCOCC(C)=O.CCCCCCCCCCCCCCCCCCC(=O)O. The number of amides is 1. The number of Topliss-reactive ketones (excluding diaryl/α,β-unsaturated/α-hetero) is 1. The molecule has 0 heterocycles. The van der Waals surface area contributed by atoms with Crippen molar-refractivity contribution >= 4 is 17.7 Å². The van der Waals surface area contributed by atoms with Crippen LogP contribution in [-0.4, -0.2) is 55.7 Å². The minimum absolute atomic E-state index is 0.00482. The Morgan fingerprint density at radius 1 is 0.639 bits per heavy atom. The molecule has 214 valence electrons. The standard InChI is InChI=1S/C19H38O2.C10H19NO4/c1-2-3-4-5-6-7-8-9-10-11-12-13-14-15-16-17-18-19(20)21;1-3-10(13)11-4-5-14-6-7-15-8-9(2)12/h2-18H2,1H3,(H,20,21);3-8H2,1-2H3,(H,11,13). The molecule has 0 radical (unpaired) electrons. The first-order valence-corrected chi connectivity index (χ1v) is 14.6. The van der Waals surface area contributed by atoms with Crippen molar-refractivity contribution in [1.29, 1.82) is 0 Å². The molecule has 7 nitrogen and oxygen atoms in total. The number of carboxylic acids is 1. The molecule has 0 rings (SSSR count). The van der Waals surface area contributed by atoms with E-state index >= 15 is 0 Å². The lowest BCUT2D eigenvalue weighted by Gasteiger charge is -2.05. The van der Waals surface area contributed by atoms with Gasteiger partial charge in [0.15, 0.2) is 5.78 Å². The Morgan fingerprint density at radius 2 is 1.08 bits per heavy atom. The number of carbonyl (C=O) groups is 3. The molecule has 0 saturated heterocycles. The van der Waals surface area contributed by atoms with E-state index in [1.165, 1.54) is 96.8 Å². The topological polar surface area (TPSA) is 102 Å². The van der Waals surface area contributed by atoms with E-state index < -0.39 is 5.97 Å². The fourth-order valence-electron chi connectivity index (χ4n) is 3.65. The van der Waals surface area contributed by atoms with Gasteiger partial charge in [-0.3, -0.25) is 14.4 Å². The number of hydrogen-bond donors (Lipinski definition) is 2. The van der Waals surface area contributed by atoms with E-state index in [0.717, 1.165) is 12.8 Å². The summed E-state index contributed by atoms with van der Waals surface area (Å²) in [5.74, 6) is -0.628. The number of hydrogen-bond acceptors (Lipinski definition) is 5. The van der Waals surface area contributed by atoms with Crippen LogP contribution in [0.5, 0.6) is 0 Å². The summed E-state index contributed by atoms with van der Waals surface area (Å²) in [4.78, 5) is 31.6. The molecule has 1 amide bonds. The molecule has 0 aliphatic rings. The summed E-state index contributed by atoms with van der Waals surface area (Å²) < 4.78 is 10.1. The summed E-state index contributed by atoms with van der Waals surface area (Å²) in [6.07, 6.45) is 22.2. The predicted octanol–water partition coefficient (Wildman–Crippen LogP) is 6.86. The number of ether oxygens (including phenoxy) is 2. The van der Waals surface area contributed by atoms with Crippen LogP contribution in [0.4, 0.5) is 0 Å². The maximum Gasteiger partial charge on any atom is 0.303 e. The van der Waals surface area contributed by atoms with Gasteiger partial charge in [-0.05, 0) is 13.3 Å². The van der Waals surface area contributed by atoms with E-state index in [2.05, 4.69) is 12.2 Å². The van der Waals surface area contributed by atoms with Gasteiger partial charge >= 0.3 is 5.97 Å². The third-order valence-electron chi connectivity index (χ3n) is 5.81. The molecule has 0 bridgehead atoms. The molecular formula is C29H57NO6. The second-order valence-corrected chi connectivity index (χ2v) is 9.52. The van der Waals surface area contributed by atoms with Gasteiger partial charge in [0.2, 0.25) is 5.91 Å². The highest BCUT2D eigenvalue weighted by atomic mass is 16.5. The van der Waals surface area contributed by atoms with Crippen molar-refractivity contribution in [2.24, 2.45) is 0 Å².